The Morgan fingerprint density at radius 3 is 1.72 bits per heavy atom. The molecule has 0 saturated heterocycles. The van der Waals surface area contributed by atoms with Crippen LogP contribution in [0.3, 0.4) is 0 Å². The van der Waals surface area contributed by atoms with Crippen molar-refractivity contribution in [2.75, 3.05) is 6.61 Å². The molecule has 1 nitrogen and oxygen atoms in total. The first kappa shape index (κ1) is 18.5. The van der Waals surface area contributed by atoms with Gasteiger partial charge in [-0.3, -0.25) is 0 Å². The van der Waals surface area contributed by atoms with Gasteiger partial charge in [-0.15, -0.1) is 0 Å². The van der Waals surface area contributed by atoms with E-state index < -0.39 is 21.6 Å². The van der Waals surface area contributed by atoms with Gasteiger partial charge in [0.15, 0.2) is 0 Å². The summed E-state index contributed by atoms with van der Waals surface area (Å²) in [6.07, 6.45) is 12.1. The maximum atomic E-state index is 5.89. The Morgan fingerprint density at radius 2 is 1.28 bits per heavy atom. The van der Waals surface area contributed by atoms with E-state index in [2.05, 4.69) is 27.7 Å². The van der Waals surface area contributed by atoms with Crippen molar-refractivity contribution < 1.29 is 3.07 Å². The quantitative estimate of drug-likeness (QED) is 0.448. The Labute approximate surface area is 126 Å². The van der Waals surface area contributed by atoms with Gasteiger partial charge in [-0.1, -0.05) is 0 Å². The minimum absolute atomic E-state index is 0.931. The summed E-state index contributed by atoms with van der Waals surface area (Å²) >= 11 is -1.08. The van der Waals surface area contributed by atoms with Crippen LogP contribution in [-0.2, 0) is 3.07 Å². The Hall–Kier alpha value is 0.499. The van der Waals surface area contributed by atoms with Crippen LogP contribution in [-0.4, -0.2) is 28.2 Å². The summed E-state index contributed by atoms with van der Waals surface area (Å²) in [5.74, 6) is 0. The molecule has 0 heterocycles. The van der Waals surface area contributed by atoms with Crippen molar-refractivity contribution in [3.05, 3.63) is 9.16 Å². The van der Waals surface area contributed by atoms with Crippen LogP contribution in [0.25, 0.3) is 0 Å². The molecule has 0 fully saturated rings. The normalized spacial score (nSPS) is 11.3. The Balaban J connectivity index is 4.59. The molecular weight excluding hydrogens is 327 g/mol. The molecule has 0 aromatic heterocycles. The van der Waals surface area contributed by atoms with Gasteiger partial charge in [0.1, 0.15) is 0 Å². The van der Waals surface area contributed by atoms with Crippen molar-refractivity contribution in [2.24, 2.45) is 0 Å². The molecule has 108 valence electrons. The zero-order valence-corrected chi connectivity index (χ0v) is 17.2. The number of unbranched alkanes of at least 4 members (excludes halogenated alkanes) is 3. The van der Waals surface area contributed by atoms with Crippen molar-refractivity contribution >= 4 is 21.6 Å². The predicted octanol–water partition coefficient (Wildman–Crippen LogP) is 4.93. The summed E-state index contributed by atoms with van der Waals surface area (Å²) in [4.78, 5) is 0. The van der Waals surface area contributed by atoms with Gasteiger partial charge < -0.3 is 0 Å². The fourth-order valence-electron chi connectivity index (χ4n) is 2.23. The summed E-state index contributed by atoms with van der Waals surface area (Å²) < 4.78 is 7.71. The Morgan fingerprint density at radius 1 is 0.778 bits per heavy atom. The van der Waals surface area contributed by atoms with Crippen LogP contribution in [0.15, 0.2) is 9.16 Å². The summed E-state index contributed by atoms with van der Waals surface area (Å²) in [6.45, 7) is 9.97. The van der Waals surface area contributed by atoms with Crippen LogP contribution in [0.5, 0.6) is 0 Å². The molecule has 0 aliphatic carbocycles. The predicted molar refractivity (Wildman–Crippen MR) is 85.8 cm³/mol. The average Bonchev–Trinajstić information content (AvgIpc) is 2.40. The summed E-state index contributed by atoms with van der Waals surface area (Å²) in [5, 5.41) is 0. The van der Waals surface area contributed by atoms with Crippen molar-refractivity contribution in [3.8, 4) is 0 Å². The molecule has 0 saturated carbocycles. The van der Waals surface area contributed by atoms with Crippen molar-refractivity contribution in [1.82, 2.24) is 0 Å². The molecule has 0 aliphatic rings. The first-order valence-electron chi connectivity index (χ1n) is 8.07. The van der Waals surface area contributed by atoms with Gasteiger partial charge in [-0.2, -0.15) is 0 Å². The zero-order chi connectivity index (χ0) is 13.6. The van der Waals surface area contributed by atoms with Gasteiger partial charge in [0, 0.05) is 0 Å². The van der Waals surface area contributed by atoms with Crippen LogP contribution in [0, 0.1) is 0 Å². The van der Waals surface area contributed by atoms with Crippen molar-refractivity contribution in [1.29, 1.82) is 0 Å². The van der Waals surface area contributed by atoms with Crippen LogP contribution in [0.4, 0.5) is 0 Å². The standard InChI is InChI=1S/C14H27.C2H5O.Sn.2H/c1-4-7-10-13-14(11-8-5-2)12-9-6-3;1-2-3;;;/h4-12H2,1-3H3;2H2,1H3;;;/q;-1;+1;;. The van der Waals surface area contributed by atoms with Crippen LogP contribution in [0.1, 0.15) is 85.5 Å². The molecule has 0 aliphatic heterocycles. The van der Waals surface area contributed by atoms with Gasteiger partial charge >= 0.3 is 126 Å². The van der Waals surface area contributed by atoms with E-state index in [9.17, 15) is 0 Å². The van der Waals surface area contributed by atoms with E-state index in [-0.39, 0.29) is 0 Å². The molecular formula is C16H34OSn. The van der Waals surface area contributed by atoms with E-state index in [0.29, 0.717) is 0 Å². The van der Waals surface area contributed by atoms with E-state index in [1.807, 2.05) is 3.59 Å². The summed E-state index contributed by atoms with van der Waals surface area (Å²) in [6, 6.07) is 0. The van der Waals surface area contributed by atoms with Gasteiger partial charge in [0.2, 0.25) is 0 Å². The fourth-order valence-corrected chi connectivity index (χ4v) is 6.23. The molecule has 0 unspecified atom stereocenters. The van der Waals surface area contributed by atoms with E-state index in [1.165, 1.54) is 57.8 Å². The molecule has 18 heavy (non-hydrogen) atoms. The first-order valence-corrected chi connectivity index (χ1v) is 11.7. The Kier molecular flexibility index (Phi) is 14.3. The third-order valence-corrected chi connectivity index (χ3v) is 8.66. The molecule has 0 aromatic rings. The van der Waals surface area contributed by atoms with E-state index in [1.54, 1.807) is 5.57 Å². The third kappa shape index (κ3) is 9.43. The molecule has 0 amide bonds. The molecule has 0 atom stereocenters. The number of rotatable bonds is 12. The van der Waals surface area contributed by atoms with Gasteiger partial charge in [-0.25, -0.2) is 0 Å². The fraction of sp³-hybridized carbons (Fsp3) is 0.875. The molecule has 0 bridgehead atoms. The number of hydrogen-bond acceptors (Lipinski definition) is 1. The number of hydrogen-bond donors (Lipinski definition) is 0. The van der Waals surface area contributed by atoms with E-state index in [4.69, 9.17) is 3.07 Å². The molecule has 0 spiro atoms. The van der Waals surface area contributed by atoms with Crippen molar-refractivity contribution in [3.63, 3.8) is 0 Å². The Bertz CT molecular complexity index is 169. The van der Waals surface area contributed by atoms with Crippen molar-refractivity contribution in [2.45, 2.75) is 85.5 Å². The SMILES string of the molecule is CCCCC(CCCC)=[C](CCCC)[SnH2][O]CC. The van der Waals surface area contributed by atoms with Gasteiger partial charge in [0.05, 0.1) is 0 Å². The zero-order valence-electron chi connectivity index (χ0n) is 13.2. The average molecular weight is 361 g/mol. The first-order chi connectivity index (χ1) is 8.79. The maximum absolute atomic E-state index is 5.89. The summed E-state index contributed by atoms with van der Waals surface area (Å²) in [5.41, 5.74) is 1.80. The van der Waals surface area contributed by atoms with Gasteiger partial charge in [0.25, 0.3) is 0 Å². The summed E-state index contributed by atoms with van der Waals surface area (Å²) in [7, 11) is 0. The molecule has 0 radical (unpaired) electrons. The molecule has 0 rings (SSSR count). The molecule has 2 heteroatoms. The third-order valence-electron chi connectivity index (χ3n) is 3.48. The number of allylic oxidation sites excluding steroid dienone is 2. The van der Waals surface area contributed by atoms with Crippen LogP contribution in [0.2, 0.25) is 0 Å². The topological polar surface area (TPSA) is 9.23 Å². The monoisotopic (exact) mass is 362 g/mol. The van der Waals surface area contributed by atoms with E-state index >= 15 is 0 Å². The van der Waals surface area contributed by atoms with E-state index in [0.717, 1.165) is 6.61 Å². The van der Waals surface area contributed by atoms with Gasteiger partial charge in [-0.05, 0) is 0 Å². The van der Waals surface area contributed by atoms with Crippen LogP contribution < -0.4 is 0 Å². The second-order valence-electron chi connectivity index (χ2n) is 5.15. The van der Waals surface area contributed by atoms with Crippen LogP contribution >= 0.6 is 0 Å². The molecule has 0 N–H and O–H groups in total. The molecule has 0 aromatic carbocycles. The second kappa shape index (κ2) is 13.9. The second-order valence-corrected chi connectivity index (χ2v) is 9.58. The minimum atomic E-state index is -1.08.